The maximum Gasteiger partial charge on any atom is 0.180 e. The van der Waals surface area contributed by atoms with Gasteiger partial charge in [0.05, 0.1) is 18.8 Å². The van der Waals surface area contributed by atoms with E-state index in [4.69, 9.17) is 13.9 Å². The molecule has 0 saturated heterocycles. The highest BCUT2D eigenvalue weighted by Crippen LogP contribution is 2.51. The van der Waals surface area contributed by atoms with Crippen molar-refractivity contribution < 1.29 is 13.9 Å². The molecule has 0 radical (unpaired) electrons. The maximum atomic E-state index is 6.50. The van der Waals surface area contributed by atoms with Gasteiger partial charge in [0.2, 0.25) is 0 Å². The van der Waals surface area contributed by atoms with Crippen molar-refractivity contribution in [2.75, 3.05) is 7.11 Å². The summed E-state index contributed by atoms with van der Waals surface area (Å²) in [5.74, 6) is 1.50. The van der Waals surface area contributed by atoms with Crippen LogP contribution in [0.2, 0.25) is 0 Å². The van der Waals surface area contributed by atoms with E-state index < -0.39 is 0 Å². The summed E-state index contributed by atoms with van der Waals surface area (Å²) in [7, 11) is 1.68. The number of hydrogen-bond acceptors (Lipinski definition) is 3. The number of furan rings is 1. The molecule has 0 atom stereocenters. The third-order valence-corrected chi connectivity index (χ3v) is 5.38. The highest BCUT2D eigenvalue weighted by Gasteiger charge is 2.25. The second kappa shape index (κ2) is 8.41. The lowest BCUT2D eigenvalue weighted by Crippen LogP contribution is -2.01. The zero-order chi connectivity index (χ0) is 21.0. The van der Waals surface area contributed by atoms with Crippen molar-refractivity contribution >= 4 is 11.0 Å². The smallest absolute Gasteiger partial charge is 0.180 e. The summed E-state index contributed by atoms with van der Waals surface area (Å²) in [6.07, 6.45) is 1.69. The van der Waals surface area contributed by atoms with Crippen molar-refractivity contribution in [3.8, 4) is 33.8 Å². The van der Waals surface area contributed by atoms with E-state index in [1.165, 1.54) is 0 Å². The second-order valence-corrected chi connectivity index (χ2v) is 7.28. The van der Waals surface area contributed by atoms with Crippen LogP contribution in [0.25, 0.3) is 33.2 Å². The Labute approximate surface area is 181 Å². The molecule has 0 saturated carbocycles. The van der Waals surface area contributed by atoms with Gasteiger partial charge in [0.25, 0.3) is 0 Å². The number of fused-ring (bicyclic) bond motifs is 1. The van der Waals surface area contributed by atoms with Crippen molar-refractivity contribution in [1.29, 1.82) is 0 Å². The van der Waals surface area contributed by atoms with E-state index in [0.29, 0.717) is 17.9 Å². The fourth-order valence-electron chi connectivity index (χ4n) is 3.97. The van der Waals surface area contributed by atoms with Gasteiger partial charge in [-0.25, -0.2) is 0 Å². The minimum absolute atomic E-state index is 0.460. The van der Waals surface area contributed by atoms with E-state index in [2.05, 4.69) is 36.4 Å². The van der Waals surface area contributed by atoms with Crippen molar-refractivity contribution in [2.45, 2.75) is 6.61 Å². The molecule has 3 nitrogen and oxygen atoms in total. The minimum Gasteiger partial charge on any atom is -0.492 e. The van der Waals surface area contributed by atoms with Crippen LogP contribution in [0.3, 0.4) is 0 Å². The molecule has 31 heavy (non-hydrogen) atoms. The normalized spacial score (nSPS) is 10.9. The summed E-state index contributed by atoms with van der Waals surface area (Å²) in [5, 5.41) is 0.895. The Hall–Kier alpha value is -3.98. The monoisotopic (exact) mass is 406 g/mol. The average Bonchev–Trinajstić information content (AvgIpc) is 3.33. The first kappa shape index (κ1) is 19.0. The molecule has 0 unspecified atom stereocenters. The van der Waals surface area contributed by atoms with Crippen LogP contribution in [0.5, 0.6) is 11.5 Å². The number of methoxy groups -OCH3 is 1. The molecule has 5 aromatic rings. The Kier molecular flexibility index (Phi) is 5.16. The summed E-state index contributed by atoms with van der Waals surface area (Å²) in [5.41, 5.74) is 5.85. The minimum atomic E-state index is 0.460. The first-order valence-electron chi connectivity index (χ1n) is 10.3. The highest BCUT2D eigenvalue weighted by molar-refractivity contribution is 6.06. The molecule has 4 aromatic carbocycles. The van der Waals surface area contributed by atoms with Gasteiger partial charge in [0.15, 0.2) is 11.3 Å². The Morgan fingerprint density at radius 2 is 1.19 bits per heavy atom. The van der Waals surface area contributed by atoms with Gasteiger partial charge in [-0.05, 0) is 22.8 Å². The van der Waals surface area contributed by atoms with Gasteiger partial charge in [-0.2, -0.15) is 0 Å². The average molecular weight is 406 g/mol. The van der Waals surface area contributed by atoms with Crippen molar-refractivity contribution in [3.05, 3.63) is 109 Å². The standard InChI is InChI=1S/C28H22O3/c1-29-28-25(22-15-9-4-10-16-22)24(21-13-7-3-8-14-21)26(23-17-18-30-27(23)28)31-19-20-11-5-2-6-12-20/h2-18H,19H2,1H3. The van der Waals surface area contributed by atoms with E-state index in [1.54, 1.807) is 13.4 Å². The Morgan fingerprint density at radius 3 is 1.77 bits per heavy atom. The molecule has 5 rings (SSSR count). The van der Waals surface area contributed by atoms with Crippen LogP contribution in [0, 0.1) is 0 Å². The molecule has 0 bridgehead atoms. The SMILES string of the molecule is COc1c(-c2ccccc2)c(-c2ccccc2)c(OCc2ccccc2)c2ccoc12. The second-order valence-electron chi connectivity index (χ2n) is 7.28. The lowest BCUT2D eigenvalue weighted by atomic mass is 9.91. The topological polar surface area (TPSA) is 31.6 Å². The zero-order valence-corrected chi connectivity index (χ0v) is 17.2. The highest BCUT2D eigenvalue weighted by atomic mass is 16.5. The molecule has 0 amide bonds. The quantitative estimate of drug-likeness (QED) is 0.295. The molecular formula is C28H22O3. The van der Waals surface area contributed by atoms with E-state index in [-0.39, 0.29) is 0 Å². The summed E-state index contributed by atoms with van der Waals surface area (Å²) >= 11 is 0. The lowest BCUT2D eigenvalue weighted by molar-refractivity contribution is 0.311. The van der Waals surface area contributed by atoms with Crippen LogP contribution < -0.4 is 9.47 Å². The van der Waals surface area contributed by atoms with Crippen LogP contribution in [0.4, 0.5) is 0 Å². The predicted octanol–water partition coefficient (Wildman–Crippen LogP) is 7.35. The molecule has 0 fully saturated rings. The zero-order valence-electron chi connectivity index (χ0n) is 17.2. The fourth-order valence-corrected chi connectivity index (χ4v) is 3.97. The largest absolute Gasteiger partial charge is 0.492 e. The van der Waals surface area contributed by atoms with E-state index >= 15 is 0 Å². The molecule has 0 spiro atoms. The van der Waals surface area contributed by atoms with Crippen molar-refractivity contribution in [3.63, 3.8) is 0 Å². The van der Waals surface area contributed by atoms with Gasteiger partial charge in [-0.1, -0.05) is 91.0 Å². The third kappa shape index (κ3) is 3.55. The van der Waals surface area contributed by atoms with Gasteiger partial charge in [-0.15, -0.1) is 0 Å². The fraction of sp³-hybridized carbons (Fsp3) is 0.0714. The molecule has 152 valence electrons. The van der Waals surface area contributed by atoms with Gasteiger partial charge < -0.3 is 13.9 Å². The molecule has 0 N–H and O–H groups in total. The van der Waals surface area contributed by atoms with Crippen LogP contribution in [-0.2, 0) is 6.61 Å². The Morgan fingerprint density at radius 1 is 0.645 bits per heavy atom. The molecular weight excluding hydrogens is 384 g/mol. The molecule has 3 heteroatoms. The van der Waals surface area contributed by atoms with Gasteiger partial charge >= 0.3 is 0 Å². The molecule has 0 aliphatic heterocycles. The van der Waals surface area contributed by atoms with Crippen LogP contribution in [0.1, 0.15) is 5.56 Å². The molecule has 0 aliphatic rings. The summed E-state index contributed by atoms with van der Waals surface area (Å²) < 4.78 is 18.3. The van der Waals surface area contributed by atoms with E-state index in [1.807, 2.05) is 60.7 Å². The number of ether oxygens (including phenoxy) is 2. The van der Waals surface area contributed by atoms with Crippen LogP contribution >= 0.6 is 0 Å². The van der Waals surface area contributed by atoms with E-state index in [9.17, 15) is 0 Å². The summed E-state index contributed by atoms with van der Waals surface area (Å²) in [4.78, 5) is 0. The van der Waals surface area contributed by atoms with Crippen molar-refractivity contribution in [2.24, 2.45) is 0 Å². The summed E-state index contributed by atoms with van der Waals surface area (Å²) in [6.45, 7) is 0.460. The number of hydrogen-bond donors (Lipinski definition) is 0. The first-order valence-corrected chi connectivity index (χ1v) is 10.3. The van der Waals surface area contributed by atoms with Gasteiger partial charge in [-0.3, -0.25) is 0 Å². The van der Waals surface area contributed by atoms with Gasteiger partial charge in [0, 0.05) is 11.1 Å². The van der Waals surface area contributed by atoms with E-state index in [0.717, 1.165) is 39.0 Å². The number of benzene rings is 4. The predicted molar refractivity (Wildman–Crippen MR) is 124 cm³/mol. The van der Waals surface area contributed by atoms with Gasteiger partial charge in [0.1, 0.15) is 12.4 Å². The molecule has 1 aromatic heterocycles. The molecule has 1 heterocycles. The molecule has 0 aliphatic carbocycles. The van der Waals surface area contributed by atoms with Crippen LogP contribution in [-0.4, -0.2) is 7.11 Å². The third-order valence-electron chi connectivity index (χ3n) is 5.38. The maximum absolute atomic E-state index is 6.50. The summed E-state index contributed by atoms with van der Waals surface area (Å²) in [6, 6.07) is 32.7. The lowest BCUT2D eigenvalue weighted by Gasteiger charge is -2.20. The van der Waals surface area contributed by atoms with Crippen molar-refractivity contribution in [1.82, 2.24) is 0 Å². The van der Waals surface area contributed by atoms with Crippen LogP contribution in [0.15, 0.2) is 108 Å². The Balaban J connectivity index is 1.81. The first-order chi connectivity index (χ1) is 15.4. The Bertz CT molecular complexity index is 1290. The number of rotatable bonds is 6.